The first-order valence-electron chi connectivity index (χ1n) is 5.45. The van der Waals surface area contributed by atoms with Gasteiger partial charge in [-0.3, -0.25) is 0 Å². The van der Waals surface area contributed by atoms with Crippen LogP contribution in [0.15, 0.2) is 40.9 Å². The summed E-state index contributed by atoms with van der Waals surface area (Å²) >= 11 is 15.7. The van der Waals surface area contributed by atoms with Crippen LogP contribution in [0.5, 0.6) is 5.75 Å². The molecule has 0 aliphatic rings. The quantitative estimate of drug-likeness (QED) is 0.647. The third-order valence-electron chi connectivity index (χ3n) is 2.70. The highest BCUT2D eigenvalue weighted by molar-refractivity contribution is 9.10. The van der Waals surface area contributed by atoms with Gasteiger partial charge in [-0.2, -0.15) is 0 Å². The first-order valence-corrected chi connectivity index (χ1v) is 7.06. The van der Waals surface area contributed by atoms with Crippen LogP contribution in [0.2, 0.25) is 5.02 Å². The Labute approximate surface area is 129 Å². The zero-order valence-electron chi connectivity index (χ0n) is 9.96. The van der Waals surface area contributed by atoms with Gasteiger partial charge in [0.2, 0.25) is 0 Å². The van der Waals surface area contributed by atoms with Gasteiger partial charge in [-0.1, -0.05) is 33.6 Å². The highest BCUT2D eigenvalue weighted by Gasteiger charge is 2.17. The minimum absolute atomic E-state index is 0.352. The molecule has 0 radical (unpaired) electrons. The Morgan fingerprint density at radius 3 is 2.58 bits per heavy atom. The van der Waals surface area contributed by atoms with Crippen molar-refractivity contribution >= 4 is 39.1 Å². The first kappa shape index (κ1) is 14.6. The van der Waals surface area contributed by atoms with Gasteiger partial charge in [0.25, 0.3) is 0 Å². The van der Waals surface area contributed by atoms with Crippen molar-refractivity contribution in [3.05, 3.63) is 62.8 Å². The van der Waals surface area contributed by atoms with E-state index in [0.717, 1.165) is 4.47 Å². The molecule has 0 fully saturated rings. The molecule has 2 aromatic rings. The molecule has 0 aliphatic carbocycles. The molecular formula is C14H10BrCl2FO. The molecule has 19 heavy (non-hydrogen) atoms. The van der Waals surface area contributed by atoms with Crippen LogP contribution in [-0.4, -0.2) is 7.11 Å². The smallest absolute Gasteiger partial charge is 0.137 e. The Kier molecular flexibility index (Phi) is 4.71. The molecule has 0 amide bonds. The summed E-state index contributed by atoms with van der Waals surface area (Å²) in [5, 5.41) is -0.165. The van der Waals surface area contributed by atoms with Crippen LogP contribution in [-0.2, 0) is 0 Å². The van der Waals surface area contributed by atoms with Gasteiger partial charge in [-0.15, -0.1) is 11.6 Å². The van der Waals surface area contributed by atoms with Gasteiger partial charge in [0, 0.05) is 10.0 Å². The third kappa shape index (κ3) is 3.22. The number of benzene rings is 2. The van der Waals surface area contributed by atoms with E-state index in [4.69, 9.17) is 27.9 Å². The molecule has 1 atom stereocenters. The highest BCUT2D eigenvalue weighted by atomic mass is 79.9. The van der Waals surface area contributed by atoms with Crippen LogP contribution in [0.25, 0.3) is 0 Å². The molecule has 1 nitrogen and oxygen atoms in total. The fourth-order valence-electron chi connectivity index (χ4n) is 1.73. The average Bonchev–Trinajstić information content (AvgIpc) is 2.40. The second kappa shape index (κ2) is 6.12. The number of methoxy groups -OCH3 is 1. The molecule has 0 saturated heterocycles. The van der Waals surface area contributed by atoms with Gasteiger partial charge in [-0.25, -0.2) is 4.39 Å². The summed E-state index contributed by atoms with van der Waals surface area (Å²) in [7, 11) is 1.53. The van der Waals surface area contributed by atoms with Crippen LogP contribution in [0, 0.1) is 5.82 Å². The molecule has 2 aromatic carbocycles. The lowest BCUT2D eigenvalue weighted by Crippen LogP contribution is -1.98. The van der Waals surface area contributed by atoms with Crippen LogP contribution < -0.4 is 4.74 Å². The zero-order chi connectivity index (χ0) is 14.0. The van der Waals surface area contributed by atoms with E-state index in [-0.39, 0.29) is 5.82 Å². The maximum atomic E-state index is 13.8. The van der Waals surface area contributed by atoms with Crippen molar-refractivity contribution < 1.29 is 9.13 Å². The van der Waals surface area contributed by atoms with Crippen molar-refractivity contribution in [3.8, 4) is 5.75 Å². The normalized spacial score (nSPS) is 12.3. The average molecular weight is 364 g/mol. The number of hydrogen-bond donors (Lipinski definition) is 0. The maximum Gasteiger partial charge on any atom is 0.137 e. The SMILES string of the molecule is COc1ccc(C(Cl)c2cc(Br)ccc2F)cc1Cl. The van der Waals surface area contributed by atoms with Crippen molar-refractivity contribution in [2.24, 2.45) is 0 Å². The van der Waals surface area contributed by atoms with Gasteiger partial charge >= 0.3 is 0 Å². The molecule has 1 unspecified atom stereocenters. The summed E-state index contributed by atoms with van der Waals surface area (Å²) in [6.07, 6.45) is 0. The van der Waals surface area contributed by atoms with E-state index in [0.29, 0.717) is 21.9 Å². The van der Waals surface area contributed by atoms with E-state index in [2.05, 4.69) is 15.9 Å². The molecule has 0 aliphatic heterocycles. The molecule has 100 valence electrons. The van der Waals surface area contributed by atoms with E-state index >= 15 is 0 Å². The fraction of sp³-hybridized carbons (Fsp3) is 0.143. The van der Waals surface area contributed by atoms with Gasteiger partial charge in [0.1, 0.15) is 11.6 Å². The molecule has 0 saturated carbocycles. The number of ether oxygens (including phenoxy) is 1. The number of alkyl halides is 1. The van der Waals surface area contributed by atoms with Gasteiger partial charge < -0.3 is 4.74 Å². The van der Waals surface area contributed by atoms with E-state index in [1.165, 1.54) is 13.2 Å². The zero-order valence-corrected chi connectivity index (χ0v) is 13.1. The van der Waals surface area contributed by atoms with Crippen LogP contribution in [0.1, 0.15) is 16.5 Å². The van der Waals surface area contributed by atoms with Crippen LogP contribution in [0.4, 0.5) is 4.39 Å². The van der Waals surface area contributed by atoms with E-state index < -0.39 is 5.38 Å². The maximum absolute atomic E-state index is 13.8. The van der Waals surface area contributed by atoms with Gasteiger partial charge in [0.15, 0.2) is 0 Å². The Morgan fingerprint density at radius 1 is 1.21 bits per heavy atom. The summed E-state index contributed by atoms with van der Waals surface area (Å²) < 4.78 is 19.6. The predicted molar refractivity (Wildman–Crippen MR) is 79.8 cm³/mol. The largest absolute Gasteiger partial charge is 0.495 e. The standard InChI is InChI=1S/C14H10BrCl2FO/c1-19-13-5-2-8(6-11(13)16)14(17)10-7-9(15)3-4-12(10)18/h2-7,14H,1H3. The second-order valence-corrected chi connectivity index (χ2v) is 5.68. The van der Waals surface area contributed by atoms with Gasteiger partial charge in [0.05, 0.1) is 17.5 Å². The topological polar surface area (TPSA) is 9.23 Å². The second-order valence-electron chi connectivity index (χ2n) is 3.92. The molecule has 0 N–H and O–H groups in total. The monoisotopic (exact) mass is 362 g/mol. The van der Waals surface area contributed by atoms with Crippen molar-refractivity contribution in [2.75, 3.05) is 7.11 Å². The molecule has 5 heteroatoms. The van der Waals surface area contributed by atoms with Crippen molar-refractivity contribution in [1.29, 1.82) is 0 Å². The number of hydrogen-bond acceptors (Lipinski definition) is 1. The Bertz CT molecular complexity index is 604. The lowest BCUT2D eigenvalue weighted by atomic mass is 10.0. The van der Waals surface area contributed by atoms with E-state index in [1.54, 1.807) is 30.3 Å². The van der Waals surface area contributed by atoms with Gasteiger partial charge in [-0.05, 0) is 35.9 Å². The summed E-state index contributed by atoms with van der Waals surface area (Å²) in [5.74, 6) is 0.208. The molecule has 0 bridgehead atoms. The lowest BCUT2D eigenvalue weighted by molar-refractivity contribution is 0.415. The minimum Gasteiger partial charge on any atom is -0.495 e. The minimum atomic E-state index is -0.610. The van der Waals surface area contributed by atoms with Crippen molar-refractivity contribution in [2.45, 2.75) is 5.38 Å². The van der Waals surface area contributed by atoms with E-state index in [9.17, 15) is 4.39 Å². The number of rotatable bonds is 3. The molecular weight excluding hydrogens is 354 g/mol. The fourth-order valence-corrected chi connectivity index (χ4v) is 2.68. The lowest BCUT2D eigenvalue weighted by Gasteiger charge is -2.13. The van der Waals surface area contributed by atoms with Crippen LogP contribution in [0.3, 0.4) is 0 Å². The first-order chi connectivity index (χ1) is 9.02. The summed E-state index contributed by atoms with van der Waals surface area (Å²) in [6.45, 7) is 0. The summed E-state index contributed by atoms with van der Waals surface area (Å²) in [6, 6.07) is 9.82. The molecule has 0 heterocycles. The van der Waals surface area contributed by atoms with Crippen molar-refractivity contribution in [3.63, 3.8) is 0 Å². The Hall–Kier alpha value is -0.770. The van der Waals surface area contributed by atoms with Crippen molar-refractivity contribution in [1.82, 2.24) is 0 Å². The molecule has 0 aromatic heterocycles. The Balaban J connectivity index is 2.41. The molecule has 0 spiro atoms. The predicted octanol–water partition coefficient (Wildman–Crippen LogP) is 5.58. The molecule has 2 rings (SSSR count). The summed E-state index contributed by atoms with van der Waals surface area (Å²) in [4.78, 5) is 0. The van der Waals surface area contributed by atoms with E-state index in [1.807, 2.05) is 0 Å². The highest BCUT2D eigenvalue weighted by Crippen LogP contribution is 2.35. The number of halogens is 4. The van der Waals surface area contributed by atoms with Crippen LogP contribution >= 0.6 is 39.1 Å². The third-order valence-corrected chi connectivity index (χ3v) is 3.98. The Morgan fingerprint density at radius 2 is 1.95 bits per heavy atom. The summed E-state index contributed by atoms with van der Waals surface area (Å²) in [5.41, 5.74) is 1.11.